The number of nitrogens with one attached hydrogen (secondary N) is 1. The number of hydrogen-bond acceptors (Lipinski definition) is 4. The number of hydrogen-bond donors (Lipinski definition) is 1. The van der Waals surface area contributed by atoms with Crippen molar-refractivity contribution in [1.29, 1.82) is 0 Å². The Morgan fingerprint density at radius 2 is 2.10 bits per heavy atom. The standard InChI is InChI=1S/C15H21BrN2O3/c1-4-18(8-7-15(20)21-3)10-14(19)17-13-6-5-12(16)9-11(13)2/h5-6,9H,4,7-8,10H2,1-3H3,(H,17,19). The van der Waals surface area contributed by atoms with Crippen molar-refractivity contribution in [3.05, 3.63) is 28.2 Å². The molecule has 0 spiro atoms. The van der Waals surface area contributed by atoms with E-state index in [1.165, 1.54) is 7.11 Å². The fourth-order valence-corrected chi connectivity index (χ4v) is 2.34. The summed E-state index contributed by atoms with van der Waals surface area (Å²) in [6.07, 6.45) is 0.287. The van der Waals surface area contributed by atoms with Crippen molar-refractivity contribution in [2.75, 3.05) is 32.1 Å². The molecule has 0 fully saturated rings. The van der Waals surface area contributed by atoms with Crippen LogP contribution in [0.1, 0.15) is 18.9 Å². The zero-order valence-corrected chi connectivity index (χ0v) is 14.2. The summed E-state index contributed by atoms with van der Waals surface area (Å²) in [5.74, 6) is -0.357. The van der Waals surface area contributed by atoms with Gasteiger partial charge in [-0.05, 0) is 37.2 Å². The van der Waals surface area contributed by atoms with E-state index in [0.29, 0.717) is 13.1 Å². The molecule has 6 heteroatoms. The van der Waals surface area contributed by atoms with Gasteiger partial charge >= 0.3 is 5.97 Å². The van der Waals surface area contributed by atoms with Crippen LogP contribution in [0.3, 0.4) is 0 Å². The average molecular weight is 357 g/mol. The van der Waals surface area contributed by atoms with Gasteiger partial charge in [-0.15, -0.1) is 0 Å². The average Bonchev–Trinajstić information content (AvgIpc) is 2.46. The first-order valence-electron chi connectivity index (χ1n) is 6.81. The number of methoxy groups -OCH3 is 1. The van der Waals surface area contributed by atoms with Gasteiger partial charge in [-0.2, -0.15) is 0 Å². The lowest BCUT2D eigenvalue weighted by Gasteiger charge is -2.19. The number of carbonyl (C=O) groups excluding carboxylic acids is 2. The molecule has 0 radical (unpaired) electrons. The van der Waals surface area contributed by atoms with Crippen LogP contribution in [0, 0.1) is 6.92 Å². The fraction of sp³-hybridized carbons (Fsp3) is 0.467. The number of likely N-dealkylation sites (N-methyl/N-ethyl adjacent to an activating group) is 1. The first kappa shape index (κ1) is 17.7. The highest BCUT2D eigenvalue weighted by Crippen LogP contribution is 2.19. The first-order chi connectivity index (χ1) is 9.96. The van der Waals surface area contributed by atoms with E-state index in [4.69, 9.17) is 0 Å². The van der Waals surface area contributed by atoms with Crippen LogP contribution in [0.4, 0.5) is 5.69 Å². The summed E-state index contributed by atoms with van der Waals surface area (Å²) in [5.41, 5.74) is 1.79. The van der Waals surface area contributed by atoms with E-state index in [1.807, 2.05) is 36.9 Å². The summed E-state index contributed by atoms with van der Waals surface area (Å²) in [4.78, 5) is 25.1. The topological polar surface area (TPSA) is 58.6 Å². The van der Waals surface area contributed by atoms with Crippen molar-refractivity contribution in [2.24, 2.45) is 0 Å². The number of anilines is 1. The zero-order valence-electron chi connectivity index (χ0n) is 12.6. The van der Waals surface area contributed by atoms with Crippen molar-refractivity contribution >= 4 is 33.5 Å². The Labute approximate surface area is 133 Å². The molecule has 0 bridgehead atoms. The number of nitrogens with zero attached hydrogens (tertiary/aromatic N) is 1. The van der Waals surface area contributed by atoms with Gasteiger partial charge in [-0.3, -0.25) is 14.5 Å². The molecule has 0 saturated carbocycles. The third-order valence-corrected chi connectivity index (χ3v) is 3.63. The molecule has 116 valence electrons. The van der Waals surface area contributed by atoms with Gasteiger partial charge in [0, 0.05) is 16.7 Å². The van der Waals surface area contributed by atoms with Crippen molar-refractivity contribution in [2.45, 2.75) is 20.3 Å². The largest absolute Gasteiger partial charge is 0.469 e. The smallest absolute Gasteiger partial charge is 0.306 e. The van der Waals surface area contributed by atoms with Gasteiger partial charge in [0.15, 0.2) is 0 Å². The molecule has 0 aliphatic rings. The molecule has 1 rings (SSSR count). The predicted molar refractivity (Wildman–Crippen MR) is 86.3 cm³/mol. The Hall–Kier alpha value is -1.40. The quantitative estimate of drug-likeness (QED) is 0.762. The highest BCUT2D eigenvalue weighted by molar-refractivity contribution is 9.10. The zero-order chi connectivity index (χ0) is 15.8. The van der Waals surface area contributed by atoms with E-state index >= 15 is 0 Å². The van der Waals surface area contributed by atoms with E-state index < -0.39 is 0 Å². The lowest BCUT2D eigenvalue weighted by atomic mass is 10.2. The summed E-state index contributed by atoms with van der Waals surface area (Å²) in [6, 6.07) is 5.70. The third-order valence-electron chi connectivity index (χ3n) is 3.14. The Kier molecular flexibility index (Phi) is 7.39. The van der Waals surface area contributed by atoms with Crippen molar-refractivity contribution in [3.8, 4) is 0 Å². The van der Waals surface area contributed by atoms with Gasteiger partial charge in [0.1, 0.15) is 0 Å². The van der Waals surface area contributed by atoms with Gasteiger partial charge in [0.2, 0.25) is 5.91 Å². The minimum absolute atomic E-state index is 0.0906. The summed E-state index contributed by atoms with van der Waals surface area (Å²) in [5, 5.41) is 2.89. The number of amides is 1. The SMILES string of the molecule is CCN(CCC(=O)OC)CC(=O)Nc1ccc(Br)cc1C. The Morgan fingerprint density at radius 3 is 2.67 bits per heavy atom. The van der Waals surface area contributed by atoms with Crippen LogP contribution >= 0.6 is 15.9 Å². The highest BCUT2D eigenvalue weighted by atomic mass is 79.9. The minimum atomic E-state index is -0.266. The van der Waals surface area contributed by atoms with Gasteiger partial charge in [-0.25, -0.2) is 0 Å². The summed E-state index contributed by atoms with van der Waals surface area (Å²) in [7, 11) is 1.36. The second-order valence-corrected chi connectivity index (χ2v) is 5.62. The Bertz CT molecular complexity index is 506. The second kappa shape index (κ2) is 8.79. The van der Waals surface area contributed by atoms with Gasteiger partial charge in [0.05, 0.1) is 20.1 Å². The first-order valence-corrected chi connectivity index (χ1v) is 7.60. The van der Waals surface area contributed by atoms with Crippen LogP contribution in [-0.4, -0.2) is 43.5 Å². The molecule has 1 amide bonds. The molecule has 0 aliphatic heterocycles. The normalized spacial score (nSPS) is 10.5. The third kappa shape index (κ3) is 6.27. The maximum absolute atomic E-state index is 12.1. The molecule has 0 unspecified atom stereocenters. The lowest BCUT2D eigenvalue weighted by Crippen LogP contribution is -2.34. The van der Waals surface area contributed by atoms with Gasteiger partial charge in [0.25, 0.3) is 0 Å². The van der Waals surface area contributed by atoms with E-state index in [2.05, 4.69) is 26.0 Å². The van der Waals surface area contributed by atoms with Gasteiger partial charge < -0.3 is 10.1 Å². The van der Waals surface area contributed by atoms with Crippen LogP contribution in [-0.2, 0) is 14.3 Å². The number of ether oxygens (including phenoxy) is 1. The lowest BCUT2D eigenvalue weighted by molar-refractivity contribution is -0.141. The molecular weight excluding hydrogens is 336 g/mol. The molecule has 0 heterocycles. The van der Waals surface area contributed by atoms with Crippen LogP contribution in [0.15, 0.2) is 22.7 Å². The predicted octanol–water partition coefficient (Wildman–Crippen LogP) is 2.58. The highest BCUT2D eigenvalue weighted by Gasteiger charge is 2.12. The van der Waals surface area contributed by atoms with E-state index in [9.17, 15) is 9.59 Å². The Balaban J connectivity index is 2.52. The number of benzene rings is 1. The molecule has 0 aromatic heterocycles. The van der Waals surface area contributed by atoms with E-state index in [1.54, 1.807) is 0 Å². The van der Waals surface area contributed by atoms with E-state index in [0.717, 1.165) is 15.7 Å². The second-order valence-electron chi connectivity index (χ2n) is 4.70. The van der Waals surface area contributed by atoms with Crippen LogP contribution in [0.2, 0.25) is 0 Å². The van der Waals surface area contributed by atoms with Crippen LogP contribution in [0.5, 0.6) is 0 Å². The summed E-state index contributed by atoms with van der Waals surface area (Å²) >= 11 is 3.39. The maximum Gasteiger partial charge on any atom is 0.306 e. The summed E-state index contributed by atoms with van der Waals surface area (Å²) < 4.78 is 5.58. The minimum Gasteiger partial charge on any atom is -0.469 e. The van der Waals surface area contributed by atoms with Crippen molar-refractivity contribution < 1.29 is 14.3 Å². The van der Waals surface area contributed by atoms with E-state index in [-0.39, 0.29) is 24.8 Å². The number of carbonyl (C=O) groups is 2. The molecule has 0 atom stereocenters. The van der Waals surface area contributed by atoms with Crippen LogP contribution < -0.4 is 5.32 Å². The molecule has 1 aromatic carbocycles. The molecule has 21 heavy (non-hydrogen) atoms. The molecule has 0 aliphatic carbocycles. The molecule has 1 N–H and O–H groups in total. The maximum atomic E-state index is 12.1. The number of aryl methyl sites for hydroxylation is 1. The molecule has 0 saturated heterocycles. The number of rotatable bonds is 7. The molecule has 5 nitrogen and oxygen atoms in total. The molecular formula is C15H21BrN2O3. The molecule has 1 aromatic rings. The number of esters is 1. The van der Waals surface area contributed by atoms with Crippen molar-refractivity contribution in [3.63, 3.8) is 0 Å². The Morgan fingerprint density at radius 1 is 1.38 bits per heavy atom. The fourth-order valence-electron chi connectivity index (χ4n) is 1.86. The van der Waals surface area contributed by atoms with Crippen LogP contribution in [0.25, 0.3) is 0 Å². The monoisotopic (exact) mass is 356 g/mol. The van der Waals surface area contributed by atoms with Crippen molar-refractivity contribution in [1.82, 2.24) is 4.90 Å². The van der Waals surface area contributed by atoms with Gasteiger partial charge in [-0.1, -0.05) is 22.9 Å². The number of halogens is 1. The summed E-state index contributed by atoms with van der Waals surface area (Å²) in [6.45, 7) is 5.35.